The van der Waals surface area contributed by atoms with Crippen LogP contribution in [0.5, 0.6) is 0 Å². The molecule has 0 aliphatic heterocycles. The van der Waals surface area contributed by atoms with Gasteiger partial charge in [-0.2, -0.15) is 0 Å². The van der Waals surface area contributed by atoms with Gasteiger partial charge in [0.2, 0.25) is 0 Å². The summed E-state index contributed by atoms with van der Waals surface area (Å²) in [7, 11) is -3.30. The van der Waals surface area contributed by atoms with Crippen molar-refractivity contribution in [3.8, 4) is 5.69 Å². The molecule has 0 fully saturated rings. The molecule has 1 N–H and O–H groups in total. The van der Waals surface area contributed by atoms with Crippen molar-refractivity contribution in [2.45, 2.75) is 11.8 Å². The molecule has 0 aliphatic carbocycles. The summed E-state index contributed by atoms with van der Waals surface area (Å²) in [6.07, 6.45) is 2.35. The number of nitrogens with one attached hydrogen (secondary N) is 1. The zero-order chi connectivity index (χ0) is 15.6. The van der Waals surface area contributed by atoms with Crippen LogP contribution in [-0.4, -0.2) is 37.0 Å². The van der Waals surface area contributed by atoms with Crippen LogP contribution in [0.25, 0.3) is 5.69 Å². The number of esters is 1. The van der Waals surface area contributed by atoms with Gasteiger partial charge in [-0.15, -0.1) is 0 Å². The summed E-state index contributed by atoms with van der Waals surface area (Å²) in [6.45, 7) is 1.82. The highest BCUT2D eigenvalue weighted by Crippen LogP contribution is 2.12. The minimum Gasteiger partial charge on any atom is -0.462 e. The third-order valence-electron chi connectivity index (χ3n) is 2.79. The van der Waals surface area contributed by atoms with E-state index in [-0.39, 0.29) is 17.1 Å². The fraction of sp³-hybridized carbons (Fsp3) is 0.231. The molecule has 0 bridgehead atoms. The van der Waals surface area contributed by atoms with Crippen LogP contribution in [0, 0.1) is 0 Å². The van der Waals surface area contributed by atoms with Crippen molar-refractivity contribution in [1.29, 1.82) is 0 Å². The quantitative estimate of drug-likeness (QED) is 0.840. The summed E-state index contributed by atoms with van der Waals surface area (Å²) in [5.41, 5.74) is -0.243. The molecule has 2 aromatic rings. The number of carbonyl (C=O) groups is 1. The number of ether oxygens (including phenoxy) is 1. The van der Waals surface area contributed by atoms with Crippen LogP contribution in [0.2, 0.25) is 0 Å². The molecule has 0 saturated heterocycles. The monoisotopic (exact) mass is 310 g/mol. The molecule has 0 radical (unpaired) electrons. The van der Waals surface area contributed by atoms with Gasteiger partial charge < -0.3 is 4.74 Å². The van der Waals surface area contributed by atoms with Gasteiger partial charge in [0, 0.05) is 12.5 Å². The Kier molecular flexibility index (Phi) is 3.99. The largest absolute Gasteiger partial charge is 0.462 e. The van der Waals surface area contributed by atoms with Crippen molar-refractivity contribution in [1.82, 2.24) is 9.78 Å². The highest BCUT2D eigenvalue weighted by Gasteiger charge is 2.16. The van der Waals surface area contributed by atoms with Crippen molar-refractivity contribution in [2.24, 2.45) is 0 Å². The van der Waals surface area contributed by atoms with E-state index in [1.807, 2.05) is 0 Å². The molecular weight excluding hydrogens is 296 g/mol. The van der Waals surface area contributed by atoms with Crippen LogP contribution in [-0.2, 0) is 14.6 Å². The molecule has 8 heteroatoms. The van der Waals surface area contributed by atoms with Gasteiger partial charge in [0.1, 0.15) is 5.56 Å². The van der Waals surface area contributed by atoms with Crippen molar-refractivity contribution < 1.29 is 17.9 Å². The SMILES string of the molecule is CCOC(=O)c1c[nH]n(-c2ccc(S(C)(=O)=O)cc2)c1=O. The molecule has 1 aromatic carbocycles. The number of H-pyrrole nitrogens is 1. The average molecular weight is 310 g/mol. The first-order chi connectivity index (χ1) is 9.84. The van der Waals surface area contributed by atoms with Gasteiger partial charge in [-0.05, 0) is 31.2 Å². The van der Waals surface area contributed by atoms with Crippen molar-refractivity contribution in [3.63, 3.8) is 0 Å². The Hall–Kier alpha value is -2.35. The van der Waals surface area contributed by atoms with E-state index in [1.54, 1.807) is 6.92 Å². The van der Waals surface area contributed by atoms with Gasteiger partial charge >= 0.3 is 5.97 Å². The third-order valence-corrected chi connectivity index (χ3v) is 3.92. The summed E-state index contributed by atoms with van der Waals surface area (Å²) >= 11 is 0. The zero-order valence-corrected chi connectivity index (χ0v) is 12.3. The molecule has 0 atom stereocenters. The van der Waals surface area contributed by atoms with Crippen LogP contribution in [0.4, 0.5) is 0 Å². The number of hydrogen-bond donors (Lipinski definition) is 1. The number of sulfone groups is 1. The Bertz CT molecular complexity index is 815. The van der Waals surface area contributed by atoms with E-state index in [4.69, 9.17) is 4.74 Å². The molecule has 0 aliphatic rings. The Labute approximate surface area is 121 Å². The van der Waals surface area contributed by atoms with Gasteiger partial charge in [0.05, 0.1) is 17.2 Å². The number of carbonyl (C=O) groups excluding carboxylic acids is 1. The topological polar surface area (TPSA) is 98.2 Å². The Morgan fingerprint density at radius 3 is 2.43 bits per heavy atom. The van der Waals surface area contributed by atoms with Gasteiger partial charge in [0.25, 0.3) is 5.56 Å². The van der Waals surface area contributed by atoms with Crippen LogP contribution in [0.3, 0.4) is 0 Å². The lowest BCUT2D eigenvalue weighted by Gasteiger charge is -2.03. The molecule has 112 valence electrons. The number of aromatic amines is 1. The van der Waals surface area contributed by atoms with Crippen LogP contribution in [0.15, 0.2) is 40.2 Å². The van der Waals surface area contributed by atoms with E-state index in [2.05, 4.69) is 5.10 Å². The highest BCUT2D eigenvalue weighted by molar-refractivity contribution is 7.90. The normalized spacial score (nSPS) is 11.3. The lowest BCUT2D eigenvalue weighted by atomic mass is 10.3. The molecule has 0 unspecified atom stereocenters. The van der Waals surface area contributed by atoms with Crippen LogP contribution < -0.4 is 5.56 Å². The summed E-state index contributed by atoms with van der Waals surface area (Å²) in [4.78, 5) is 23.8. The van der Waals surface area contributed by atoms with Crippen molar-refractivity contribution >= 4 is 15.8 Å². The van der Waals surface area contributed by atoms with E-state index >= 15 is 0 Å². The van der Waals surface area contributed by atoms with Gasteiger partial charge in [-0.3, -0.25) is 9.89 Å². The maximum Gasteiger partial charge on any atom is 0.345 e. The Morgan fingerprint density at radius 2 is 1.90 bits per heavy atom. The molecule has 0 amide bonds. The fourth-order valence-electron chi connectivity index (χ4n) is 1.76. The second-order valence-corrected chi connectivity index (χ2v) is 6.33. The maximum absolute atomic E-state index is 12.1. The predicted octanol–water partition coefficient (Wildman–Crippen LogP) is 0.746. The first-order valence-corrected chi connectivity index (χ1v) is 8.01. The Morgan fingerprint density at radius 1 is 1.29 bits per heavy atom. The number of hydrogen-bond acceptors (Lipinski definition) is 5. The third kappa shape index (κ3) is 3.05. The highest BCUT2D eigenvalue weighted by atomic mass is 32.2. The zero-order valence-electron chi connectivity index (χ0n) is 11.5. The molecule has 1 heterocycles. The average Bonchev–Trinajstić information content (AvgIpc) is 2.80. The van der Waals surface area contributed by atoms with E-state index < -0.39 is 21.4 Å². The first kappa shape index (κ1) is 15.0. The number of aromatic nitrogens is 2. The summed E-state index contributed by atoms with van der Waals surface area (Å²) in [6, 6.07) is 5.73. The number of rotatable bonds is 4. The van der Waals surface area contributed by atoms with E-state index in [1.165, 1.54) is 30.5 Å². The molecule has 0 saturated carbocycles. The van der Waals surface area contributed by atoms with Gasteiger partial charge in [-0.1, -0.05) is 0 Å². The van der Waals surface area contributed by atoms with Crippen molar-refractivity contribution in [2.75, 3.05) is 12.9 Å². The van der Waals surface area contributed by atoms with Crippen molar-refractivity contribution in [3.05, 3.63) is 46.4 Å². The summed E-state index contributed by atoms with van der Waals surface area (Å²) < 4.78 is 28.7. The molecule has 2 rings (SSSR count). The van der Waals surface area contributed by atoms with E-state index in [0.29, 0.717) is 5.69 Å². The fourth-order valence-corrected chi connectivity index (χ4v) is 2.39. The summed E-state index contributed by atoms with van der Waals surface area (Å²) in [5, 5.41) is 2.64. The lowest BCUT2D eigenvalue weighted by Crippen LogP contribution is -2.21. The minimum absolute atomic E-state index is 0.107. The van der Waals surface area contributed by atoms with Gasteiger partial charge in [-0.25, -0.2) is 17.9 Å². The smallest absolute Gasteiger partial charge is 0.345 e. The van der Waals surface area contributed by atoms with Gasteiger partial charge in [0.15, 0.2) is 9.84 Å². The predicted molar refractivity (Wildman–Crippen MR) is 75.5 cm³/mol. The van der Waals surface area contributed by atoms with E-state index in [0.717, 1.165) is 10.9 Å². The molecule has 1 aromatic heterocycles. The second-order valence-electron chi connectivity index (χ2n) is 4.31. The summed E-state index contributed by atoms with van der Waals surface area (Å²) in [5.74, 6) is -0.703. The second kappa shape index (κ2) is 5.57. The minimum atomic E-state index is -3.30. The first-order valence-electron chi connectivity index (χ1n) is 6.12. The lowest BCUT2D eigenvalue weighted by molar-refractivity contribution is 0.0525. The van der Waals surface area contributed by atoms with Crippen LogP contribution in [0.1, 0.15) is 17.3 Å². The molecule has 21 heavy (non-hydrogen) atoms. The van der Waals surface area contributed by atoms with E-state index in [9.17, 15) is 18.0 Å². The standard InChI is InChI=1S/C13H14N2O5S/c1-3-20-13(17)11-8-14-15(12(11)16)9-4-6-10(7-5-9)21(2,18)19/h4-8,14H,3H2,1-2H3. The molecule has 0 spiro atoms. The number of benzene rings is 1. The Balaban J connectivity index is 2.40. The molecule has 7 nitrogen and oxygen atoms in total. The molecular formula is C13H14N2O5S. The number of nitrogens with zero attached hydrogens (tertiary/aromatic N) is 1. The maximum atomic E-state index is 12.1. The van der Waals surface area contributed by atoms with Crippen LogP contribution >= 0.6 is 0 Å².